The van der Waals surface area contributed by atoms with Crippen LogP contribution in [0.1, 0.15) is 16.2 Å². The number of ether oxygens (including phenoxy) is 3. The molecule has 0 atom stereocenters. The van der Waals surface area contributed by atoms with Crippen molar-refractivity contribution >= 4 is 16.9 Å². The van der Waals surface area contributed by atoms with E-state index in [1.807, 2.05) is 31.2 Å². The molecule has 7 heteroatoms. The van der Waals surface area contributed by atoms with Crippen molar-refractivity contribution in [3.63, 3.8) is 0 Å². The molecule has 0 saturated carbocycles. The standard InChI is InChI=1S/C20H23N3O4/c1-13-22-15-7-5-6-8-16(15)23(13)10-9-21-20(24)14-11-17(25-2)19(27-4)18(12-14)26-3/h5-8,11-12H,9-10H2,1-4H3,(H,21,24). The molecule has 0 spiro atoms. The van der Waals surface area contributed by atoms with Crippen molar-refractivity contribution in [1.29, 1.82) is 0 Å². The van der Waals surface area contributed by atoms with Gasteiger partial charge in [-0.3, -0.25) is 4.79 Å². The Bertz CT molecular complexity index is 940. The number of hydrogen-bond acceptors (Lipinski definition) is 5. The van der Waals surface area contributed by atoms with Crippen molar-refractivity contribution < 1.29 is 19.0 Å². The highest BCUT2D eigenvalue weighted by molar-refractivity contribution is 5.95. The van der Waals surface area contributed by atoms with Gasteiger partial charge in [0.15, 0.2) is 11.5 Å². The molecule has 2 aromatic carbocycles. The van der Waals surface area contributed by atoms with Gasteiger partial charge in [-0.15, -0.1) is 0 Å². The maximum atomic E-state index is 12.6. The minimum Gasteiger partial charge on any atom is -0.493 e. The summed E-state index contributed by atoms with van der Waals surface area (Å²) in [6, 6.07) is 11.2. The average molecular weight is 369 g/mol. The van der Waals surface area contributed by atoms with Gasteiger partial charge >= 0.3 is 0 Å². The van der Waals surface area contributed by atoms with Crippen LogP contribution in [-0.4, -0.2) is 43.3 Å². The number of hydrogen-bond donors (Lipinski definition) is 1. The number of benzene rings is 2. The largest absolute Gasteiger partial charge is 0.493 e. The van der Waals surface area contributed by atoms with Gasteiger partial charge in [0.25, 0.3) is 5.91 Å². The van der Waals surface area contributed by atoms with E-state index in [4.69, 9.17) is 14.2 Å². The fourth-order valence-electron chi connectivity index (χ4n) is 3.07. The Morgan fingerprint density at radius 1 is 1.07 bits per heavy atom. The summed E-state index contributed by atoms with van der Waals surface area (Å²) < 4.78 is 18.0. The average Bonchev–Trinajstić information content (AvgIpc) is 3.01. The highest BCUT2D eigenvalue weighted by atomic mass is 16.5. The van der Waals surface area contributed by atoms with Crippen LogP contribution < -0.4 is 19.5 Å². The molecule has 0 aliphatic carbocycles. The van der Waals surface area contributed by atoms with E-state index in [2.05, 4.69) is 14.9 Å². The van der Waals surface area contributed by atoms with E-state index in [0.29, 0.717) is 35.9 Å². The quantitative estimate of drug-likeness (QED) is 0.693. The zero-order chi connectivity index (χ0) is 19.4. The van der Waals surface area contributed by atoms with Crippen LogP contribution in [0.25, 0.3) is 11.0 Å². The lowest BCUT2D eigenvalue weighted by Gasteiger charge is -2.14. The number of carbonyl (C=O) groups excluding carboxylic acids is 1. The van der Waals surface area contributed by atoms with Gasteiger partial charge in [-0.25, -0.2) is 4.98 Å². The topological polar surface area (TPSA) is 74.6 Å². The van der Waals surface area contributed by atoms with E-state index in [0.717, 1.165) is 16.9 Å². The van der Waals surface area contributed by atoms with E-state index < -0.39 is 0 Å². The summed E-state index contributed by atoms with van der Waals surface area (Å²) in [6.07, 6.45) is 0. The first-order valence-electron chi connectivity index (χ1n) is 8.59. The summed E-state index contributed by atoms with van der Waals surface area (Å²) in [5.74, 6) is 2.04. The zero-order valence-electron chi connectivity index (χ0n) is 15.9. The van der Waals surface area contributed by atoms with Gasteiger partial charge in [0, 0.05) is 18.7 Å². The molecule has 1 aromatic heterocycles. The Morgan fingerprint density at radius 2 is 1.74 bits per heavy atom. The highest BCUT2D eigenvalue weighted by Crippen LogP contribution is 2.38. The Labute approximate surface area is 157 Å². The Morgan fingerprint density at radius 3 is 2.37 bits per heavy atom. The third-order valence-electron chi connectivity index (χ3n) is 4.39. The Hall–Kier alpha value is -3.22. The van der Waals surface area contributed by atoms with Crippen LogP contribution in [0.3, 0.4) is 0 Å². The summed E-state index contributed by atoms with van der Waals surface area (Å²) >= 11 is 0. The maximum absolute atomic E-state index is 12.6. The van der Waals surface area contributed by atoms with Gasteiger partial charge in [-0.1, -0.05) is 12.1 Å². The van der Waals surface area contributed by atoms with Crippen molar-refractivity contribution in [3.05, 3.63) is 47.8 Å². The molecule has 0 aliphatic rings. The zero-order valence-corrected chi connectivity index (χ0v) is 15.9. The molecule has 0 aliphatic heterocycles. The van der Waals surface area contributed by atoms with Crippen molar-refractivity contribution in [2.24, 2.45) is 0 Å². The number of amides is 1. The maximum Gasteiger partial charge on any atom is 0.251 e. The molecule has 0 bridgehead atoms. The summed E-state index contributed by atoms with van der Waals surface area (Å²) in [5, 5.41) is 2.93. The number of imidazole rings is 1. The van der Waals surface area contributed by atoms with E-state index in [1.165, 1.54) is 21.3 Å². The lowest BCUT2D eigenvalue weighted by molar-refractivity contribution is 0.0951. The third kappa shape index (κ3) is 3.67. The van der Waals surface area contributed by atoms with Crippen LogP contribution in [0.5, 0.6) is 17.2 Å². The molecule has 3 rings (SSSR count). The molecule has 142 valence electrons. The fraction of sp³-hybridized carbons (Fsp3) is 0.300. The van der Waals surface area contributed by atoms with Crippen LogP contribution >= 0.6 is 0 Å². The van der Waals surface area contributed by atoms with Crippen LogP contribution in [0.2, 0.25) is 0 Å². The monoisotopic (exact) mass is 369 g/mol. The SMILES string of the molecule is COc1cc(C(=O)NCCn2c(C)nc3ccccc32)cc(OC)c1OC. The second kappa shape index (κ2) is 7.99. The van der Waals surface area contributed by atoms with E-state index >= 15 is 0 Å². The van der Waals surface area contributed by atoms with Gasteiger partial charge in [-0.05, 0) is 31.2 Å². The second-order valence-corrected chi connectivity index (χ2v) is 5.97. The first kappa shape index (κ1) is 18.6. The van der Waals surface area contributed by atoms with Crippen molar-refractivity contribution in [3.8, 4) is 17.2 Å². The van der Waals surface area contributed by atoms with Crippen LogP contribution in [-0.2, 0) is 6.54 Å². The Balaban J connectivity index is 1.73. The second-order valence-electron chi connectivity index (χ2n) is 5.97. The molecule has 1 amide bonds. The normalized spacial score (nSPS) is 10.7. The molecule has 0 fully saturated rings. The first-order chi connectivity index (χ1) is 13.1. The number of aryl methyl sites for hydroxylation is 1. The minimum absolute atomic E-state index is 0.212. The fourth-order valence-corrected chi connectivity index (χ4v) is 3.07. The number of nitrogens with one attached hydrogen (secondary N) is 1. The number of rotatable bonds is 7. The number of carbonyl (C=O) groups is 1. The number of nitrogens with zero attached hydrogens (tertiary/aromatic N) is 2. The first-order valence-corrected chi connectivity index (χ1v) is 8.59. The van der Waals surface area contributed by atoms with Crippen LogP contribution in [0.15, 0.2) is 36.4 Å². The van der Waals surface area contributed by atoms with E-state index in [1.54, 1.807) is 12.1 Å². The molecule has 0 radical (unpaired) electrons. The smallest absolute Gasteiger partial charge is 0.251 e. The van der Waals surface area contributed by atoms with E-state index in [9.17, 15) is 4.79 Å². The third-order valence-corrected chi connectivity index (χ3v) is 4.39. The molecule has 1 N–H and O–H groups in total. The summed E-state index contributed by atoms with van der Waals surface area (Å²) in [7, 11) is 4.57. The number of para-hydroxylation sites is 2. The number of fused-ring (bicyclic) bond motifs is 1. The molecular weight excluding hydrogens is 346 g/mol. The van der Waals surface area contributed by atoms with Gasteiger partial charge in [0.2, 0.25) is 5.75 Å². The molecule has 1 heterocycles. The van der Waals surface area contributed by atoms with Gasteiger partial charge in [-0.2, -0.15) is 0 Å². The van der Waals surface area contributed by atoms with Gasteiger partial charge in [0.05, 0.1) is 32.4 Å². The van der Waals surface area contributed by atoms with E-state index in [-0.39, 0.29) is 5.91 Å². The highest BCUT2D eigenvalue weighted by Gasteiger charge is 2.17. The minimum atomic E-state index is -0.212. The number of aromatic nitrogens is 2. The van der Waals surface area contributed by atoms with Crippen molar-refractivity contribution in [2.45, 2.75) is 13.5 Å². The van der Waals surface area contributed by atoms with Gasteiger partial charge < -0.3 is 24.1 Å². The summed E-state index contributed by atoms with van der Waals surface area (Å²) in [6.45, 7) is 3.06. The predicted molar refractivity (Wildman–Crippen MR) is 103 cm³/mol. The molecule has 7 nitrogen and oxygen atoms in total. The molecule has 0 saturated heterocycles. The van der Waals surface area contributed by atoms with Crippen molar-refractivity contribution in [2.75, 3.05) is 27.9 Å². The molecule has 3 aromatic rings. The lowest BCUT2D eigenvalue weighted by Crippen LogP contribution is -2.27. The van der Waals surface area contributed by atoms with Crippen molar-refractivity contribution in [1.82, 2.24) is 14.9 Å². The summed E-state index contributed by atoms with van der Waals surface area (Å²) in [4.78, 5) is 17.1. The predicted octanol–water partition coefficient (Wildman–Crippen LogP) is 2.80. The molecule has 27 heavy (non-hydrogen) atoms. The lowest BCUT2D eigenvalue weighted by atomic mass is 10.1. The molecular formula is C20H23N3O4. The van der Waals surface area contributed by atoms with Gasteiger partial charge in [0.1, 0.15) is 5.82 Å². The molecule has 0 unspecified atom stereocenters. The van der Waals surface area contributed by atoms with Crippen LogP contribution in [0, 0.1) is 6.92 Å². The Kier molecular flexibility index (Phi) is 5.49. The van der Waals surface area contributed by atoms with Crippen LogP contribution in [0.4, 0.5) is 0 Å². The summed E-state index contributed by atoms with van der Waals surface area (Å²) in [5.41, 5.74) is 2.44. The number of methoxy groups -OCH3 is 3.